The van der Waals surface area contributed by atoms with Gasteiger partial charge in [0.05, 0.1) is 12.7 Å². The van der Waals surface area contributed by atoms with E-state index in [4.69, 9.17) is 26.1 Å². The Hall–Kier alpha value is -1.65. The van der Waals surface area contributed by atoms with Crippen LogP contribution in [0.15, 0.2) is 36.7 Å². The summed E-state index contributed by atoms with van der Waals surface area (Å²) in [5, 5.41) is 0.425. The average molecular weight is 415 g/mol. The number of methoxy groups -OCH3 is 1. The molecule has 0 amide bonds. The van der Waals surface area contributed by atoms with E-state index >= 15 is 0 Å². The molecule has 2 aromatic rings. The smallest absolute Gasteiger partial charge is 0.171 e. The lowest BCUT2D eigenvalue weighted by atomic mass is 9.67. The van der Waals surface area contributed by atoms with Gasteiger partial charge in [-0.25, -0.2) is 4.98 Å². The van der Waals surface area contributed by atoms with Crippen LogP contribution in [0.4, 0.5) is 0 Å². The van der Waals surface area contributed by atoms with Gasteiger partial charge in [-0.05, 0) is 68.7 Å². The molecule has 0 radical (unpaired) electrons. The van der Waals surface area contributed by atoms with Crippen molar-refractivity contribution in [2.45, 2.75) is 75.2 Å². The summed E-state index contributed by atoms with van der Waals surface area (Å²) in [7, 11) is 1.63. The largest absolute Gasteiger partial charge is 0.494 e. The molecule has 1 aliphatic carbocycles. The molecular formula is C24H31ClN2O2. The summed E-state index contributed by atoms with van der Waals surface area (Å²) in [6, 6.07) is 8.38. The summed E-state index contributed by atoms with van der Waals surface area (Å²) in [5.41, 5.74) is 2.66. The number of rotatable bonds is 7. The van der Waals surface area contributed by atoms with E-state index in [1.165, 1.54) is 36.9 Å². The summed E-state index contributed by atoms with van der Waals surface area (Å²) in [6.45, 7) is 0.856. The predicted molar refractivity (Wildman–Crippen MR) is 116 cm³/mol. The van der Waals surface area contributed by atoms with Gasteiger partial charge in [0, 0.05) is 30.1 Å². The SMILES string of the molecule is COc1cc(CCCCC2(c3ccccn3)CCOC3(CCCC3)C2)cnc1Cl. The van der Waals surface area contributed by atoms with E-state index in [1.54, 1.807) is 7.11 Å². The molecule has 2 aliphatic rings. The first-order valence-electron chi connectivity index (χ1n) is 10.9. The van der Waals surface area contributed by atoms with E-state index in [1.807, 2.05) is 24.5 Å². The van der Waals surface area contributed by atoms with Gasteiger partial charge in [0.25, 0.3) is 0 Å². The van der Waals surface area contributed by atoms with Crippen LogP contribution in [0.5, 0.6) is 5.75 Å². The van der Waals surface area contributed by atoms with Crippen LogP contribution in [0, 0.1) is 0 Å². The Morgan fingerprint density at radius 2 is 2.00 bits per heavy atom. The summed E-state index contributed by atoms with van der Waals surface area (Å²) >= 11 is 6.05. The van der Waals surface area contributed by atoms with E-state index in [0.717, 1.165) is 45.1 Å². The van der Waals surface area contributed by atoms with Crippen LogP contribution < -0.4 is 4.74 Å². The third kappa shape index (κ3) is 4.59. The first-order valence-corrected chi connectivity index (χ1v) is 11.3. The Kier molecular flexibility index (Phi) is 6.41. The molecule has 1 saturated heterocycles. The minimum Gasteiger partial charge on any atom is -0.494 e. The topological polar surface area (TPSA) is 44.2 Å². The minimum atomic E-state index is 0.0865. The fourth-order valence-corrected chi connectivity index (χ4v) is 5.52. The lowest BCUT2D eigenvalue weighted by molar-refractivity contribution is -0.104. The molecule has 5 heteroatoms. The normalized spacial score (nSPS) is 23.4. The number of aromatic nitrogens is 2. The van der Waals surface area contributed by atoms with Crippen molar-refractivity contribution in [3.8, 4) is 5.75 Å². The Morgan fingerprint density at radius 3 is 2.76 bits per heavy atom. The van der Waals surface area contributed by atoms with E-state index in [2.05, 4.69) is 17.1 Å². The van der Waals surface area contributed by atoms with Gasteiger partial charge in [0.1, 0.15) is 0 Å². The van der Waals surface area contributed by atoms with Crippen molar-refractivity contribution in [3.63, 3.8) is 0 Å². The minimum absolute atomic E-state index is 0.0865. The molecule has 1 aliphatic heterocycles. The molecule has 2 aromatic heterocycles. The van der Waals surface area contributed by atoms with Gasteiger partial charge in [0.2, 0.25) is 0 Å². The Bertz CT molecular complexity index is 808. The zero-order valence-corrected chi connectivity index (χ0v) is 18.1. The highest BCUT2D eigenvalue weighted by atomic mass is 35.5. The van der Waals surface area contributed by atoms with Gasteiger partial charge in [0.15, 0.2) is 10.9 Å². The number of hydrogen-bond donors (Lipinski definition) is 0. The van der Waals surface area contributed by atoms with Crippen molar-refractivity contribution >= 4 is 11.6 Å². The third-order valence-electron chi connectivity index (χ3n) is 6.83. The molecule has 4 nitrogen and oxygen atoms in total. The van der Waals surface area contributed by atoms with Gasteiger partial charge in [-0.15, -0.1) is 0 Å². The summed E-state index contributed by atoms with van der Waals surface area (Å²) in [5.74, 6) is 0.654. The fraction of sp³-hybridized carbons (Fsp3) is 0.583. The lowest BCUT2D eigenvalue weighted by Crippen LogP contribution is -2.46. The van der Waals surface area contributed by atoms with Crippen LogP contribution in [0.2, 0.25) is 5.15 Å². The predicted octanol–water partition coefficient (Wildman–Crippen LogP) is 5.91. The number of aryl methyl sites for hydroxylation is 1. The van der Waals surface area contributed by atoms with Crippen molar-refractivity contribution < 1.29 is 9.47 Å². The van der Waals surface area contributed by atoms with Crippen LogP contribution in [-0.4, -0.2) is 29.3 Å². The van der Waals surface area contributed by atoms with Gasteiger partial charge >= 0.3 is 0 Å². The standard InChI is InChI=1S/C24H31ClN2O2/c1-28-20-16-19(17-27-22(20)25)8-2-4-10-23(21-9-3-7-14-26-21)13-15-29-24(18-23)11-5-6-12-24/h3,7,9,14,16-17H,2,4-6,8,10-13,15,18H2,1H3. The van der Waals surface area contributed by atoms with Crippen molar-refractivity contribution in [1.29, 1.82) is 0 Å². The molecule has 1 unspecified atom stereocenters. The molecule has 156 valence electrons. The monoisotopic (exact) mass is 414 g/mol. The summed E-state index contributed by atoms with van der Waals surface area (Å²) < 4.78 is 11.7. The van der Waals surface area contributed by atoms with Crippen LogP contribution in [-0.2, 0) is 16.6 Å². The van der Waals surface area contributed by atoms with Gasteiger partial charge in [-0.3, -0.25) is 4.98 Å². The van der Waals surface area contributed by atoms with Crippen LogP contribution in [0.25, 0.3) is 0 Å². The molecule has 2 fully saturated rings. The molecule has 0 bridgehead atoms. The van der Waals surface area contributed by atoms with Crippen molar-refractivity contribution in [3.05, 3.63) is 53.1 Å². The fourth-order valence-electron chi connectivity index (χ4n) is 5.34. The Morgan fingerprint density at radius 1 is 1.14 bits per heavy atom. The van der Waals surface area contributed by atoms with E-state index in [9.17, 15) is 0 Å². The molecule has 29 heavy (non-hydrogen) atoms. The van der Waals surface area contributed by atoms with Crippen molar-refractivity contribution in [2.24, 2.45) is 0 Å². The van der Waals surface area contributed by atoms with Crippen LogP contribution in [0.1, 0.15) is 69.0 Å². The number of halogens is 1. The molecule has 1 saturated carbocycles. The first kappa shape index (κ1) is 20.6. The second-order valence-corrected chi connectivity index (χ2v) is 9.06. The van der Waals surface area contributed by atoms with E-state index in [-0.39, 0.29) is 11.0 Å². The Balaban J connectivity index is 1.44. The zero-order valence-electron chi connectivity index (χ0n) is 17.3. The highest BCUT2D eigenvalue weighted by Gasteiger charge is 2.48. The van der Waals surface area contributed by atoms with Gasteiger partial charge < -0.3 is 9.47 Å². The van der Waals surface area contributed by atoms with Crippen LogP contribution in [0.3, 0.4) is 0 Å². The number of unbranched alkanes of at least 4 members (excludes halogenated alkanes) is 1. The number of ether oxygens (including phenoxy) is 2. The zero-order chi connectivity index (χ0) is 20.2. The number of hydrogen-bond acceptors (Lipinski definition) is 4. The molecule has 1 atom stereocenters. The molecule has 3 heterocycles. The molecular weight excluding hydrogens is 384 g/mol. The second kappa shape index (κ2) is 9.01. The maximum absolute atomic E-state index is 6.35. The van der Waals surface area contributed by atoms with Crippen LogP contribution >= 0.6 is 11.6 Å². The molecule has 0 aromatic carbocycles. The van der Waals surface area contributed by atoms with Crippen molar-refractivity contribution in [1.82, 2.24) is 9.97 Å². The maximum Gasteiger partial charge on any atom is 0.171 e. The molecule has 4 rings (SSSR count). The van der Waals surface area contributed by atoms with Gasteiger partial charge in [-0.2, -0.15) is 0 Å². The van der Waals surface area contributed by atoms with E-state index < -0.39 is 0 Å². The second-order valence-electron chi connectivity index (χ2n) is 8.70. The highest BCUT2D eigenvalue weighted by molar-refractivity contribution is 6.30. The quantitative estimate of drug-likeness (QED) is 0.417. The van der Waals surface area contributed by atoms with Gasteiger partial charge in [-0.1, -0.05) is 36.9 Å². The lowest BCUT2D eigenvalue weighted by Gasteiger charge is -2.46. The third-order valence-corrected chi connectivity index (χ3v) is 7.11. The first-order chi connectivity index (χ1) is 14.1. The summed E-state index contributed by atoms with van der Waals surface area (Å²) in [6.07, 6.45) is 15.4. The molecule has 0 N–H and O–H groups in total. The average Bonchev–Trinajstić information content (AvgIpc) is 3.20. The number of pyridine rings is 2. The molecule has 1 spiro atoms. The Labute approximate surface area is 179 Å². The number of nitrogens with zero attached hydrogens (tertiary/aromatic N) is 2. The van der Waals surface area contributed by atoms with E-state index in [0.29, 0.717) is 10.9 Å². The highest BCUT2D eigenvalue weighted by Crippen LogP contribution is 2.50. The maximum atomic E-state index is 6.35. The van der Waals surface area contributed by atoms with Crippen molar-refractivity contribution in [2.75, 3.05) is 13.7 Å². The summed E-state index contributed by atoms with van der Waals surface area (Å²) in [4.78, 5) is 9.04.